The van der Waals surface area contributed by atoms with Crippen LogP contribution in [-0.4, -0.2) is 39.0 Å². The van der Waals surface area contributed by atoms with E-state index in [9.17, 15) is 0 Å². The smallest absolute Gasteiger partial charge is 0.192 e. The van der Waals surface area contributed by atoms with Crippen molar-refractivity contribution in [1.29, 1.82) is 0 Å². The molecule has 0 spiro atoms. The third kappa shape index (κ3) is 4.27. The normalized spacial score (nSPS) is 28.6. The van der Waals surface area contributed by atoms with Gasteiger partial charge in [0.2, 0.25) is 0 Å². The largest absolute Gasteiger partial charge is 0.415 e. The predicted octanol–water partition coefficient (Wildman–Crippen LogP) is 3.27. The van der Waals surface area contributed by atoms with Crippen LogP contribution >= 0.6 is 0 Å². The van der Waals surface area contributed by atoms with Crippen LogP contribution in [0.25, 0.3) is 0 Å². The standard InChI is InChI=1S/C15H33NO3Si/c1-9-12-13(19-15(5,6)18-12)11(16)10-17-20(7,8)14(2,3)4/h11-13H,9-10,16H2,1-8H3/t11-,12+,13-/m0/s1. The first-order chi connectivity index (χ1) is 8.89. The SMILES string of the molecule is CC[C@H]1OC(C)(C)O[C@H]1[C@@H](N)CO[Si](C)(C)C(C)(C)C. The lowest BCUT2D eigenvalue weighted by Crippen LogP contribution is -2.49. The Hall–Kier alpha value is 0.0569. The van der Waals surface area contributed by atoms with Gasteiger partial charge in [-0.25, -0.2) is 0 Å². The molecule has 0 aromatic rings. The van der Waals surface area contributed by atoms with Crippen molar-refractivity contribution in [3.8, 4) is 0 Å². The average molecular weight is 304 g/mol. The minimum absolute atomic E-state index is 0.0583. The van der Waals surface area contributed by atoms with Crippen LogP contribution in [0.4, 0.5) is 0 Å². The van der Waals surface area contributed by atoms with Gasteiger partial charge in [0.05, 0.1) is 18.8 Å². The molecule has 0 aromatic heterocycles. The Morgan fingerprint density at radius 3 is 2.25 bits per heavy atom. The van der Waals surface area contributed by atoms with Crippen LogP contribution in [-0.2, 0) is 13.9 Å². The molecule has 0 aliphatic carbocycles. The predicted molar refractivity (Wildman–Crippen MR) is 85.2 cm³/mol. The van der Waals surface area contributed by atoms with Crippen molar-refractivity contribution in [1.82, 2.24) is 0 Å². The first kappa shape index (κ1) is 18.1. The summed E-state index contributed by atoms with van der Waals surface area (Å²) in [6.45, 7) is 17.7. The molecule has 120 valence electrons. The molecule has 1 aliphatic heterocycles. The van der Waals surface area contributed by atoms with Gasteiger partial charge in [-0.2, -0.15) is 0 Å². The summed E-state index contributed by atoms with van der Waals surface area (Å²) in [5.74, 6) is -0.542. The van der Waals surface area contributed by atoms with E-state index in [1.54, 1.807) is 0 Å². The van der Waals surface area contributed by atoms with E-state index in [4.69, 9.17) is 19.6 Å². The number of hydrogen-bond acceptors (Lipinski definition) is 4. The van der Waals surface area contributed by atoms with E-state index in [0.29, 0.717) is 6.61 Å². The summed E-state index contributed by atoms with van der Waals surface area (Å²) in [7, 11) is -1.76. The highest BCUT2D eigenvalue weighted by Crippen LogP contribution is 2.37. The lowest BCUT2D eigenvalue weighted by Gasteiger charge is -2.37. The Morgan fingerprint density at radius 2 is 1.80 bits per heavy atom. The van der Waals surface area contributed by atoms with Gasteiger partial charge >= 0.3 is 0 Å². The lowest BCUT2D eigenvalue weighted by atomic mass is 10.1. The van der Waals surface area contributed by atoms with Crippen molar-refractivity contribution in [3.63, 3.8) is 0 Å². The molecule has 0 unspecified atom stereocenters. The van der Waals surface area contributed by atoms with Gasteiger partial charge in [-0.1, -0.05) is 27.7 Å². The van der Waals surface area contributed by atoms with Gasteiger partial charge in [-0.05, 0) is 38.4 Å². The van der Waals surface area contributed by atoms with E-state index >= 15 is 0 Å². The number of hydrogen-bond donors (Lipinski definition) is 1. The number of ether oxygens (including phenoxy) is 2. The summed E-state index contributed by atoms with van der Waals surface area (Å²) in [6.07, 6.45) is 0.879. The van der Waals surface area contributed by atoms with Crippen molar-refractivity contribution in [2.24, 2.45) is 5.73 Å². The van der Waals surface area contributed by atoms with E-state index in [1.165, 1.54) is 0 Å². The van der Waals surface area contributed by atoms with Crippen LogP contribution in [0.3, 0.4) is 0 Å². The van der Waals surface area contributed by atoms with Crippen molar-refractivity contribution in [3.05, 3.63) is 0 Å². The summed E-state index contributed by atoms with van der Waals surface area (Å²) in [6, 6.07) is -0.143. The van der Waals surface area contributed by atoms with Crippen LogP contribution in [0.15, 0.2) is 0 Å². The quantitative estimate of drug-likeness (QED) is 0.792. The Bertz CT molecular complexity index is 326. The van der Waals surface area contributed by atoms with Gasteiger partial charge in [-0.15, -0.1) is 0 Å². The van der Waals surface area contributed by atoms with Gasteiger partial charge in [-0.3, -0.25) is 0 Å². The van der Waals surface area contributed by atoms with Crippen LogP contribution in [0.1, 0.15) is 48.0 Å². The summed E-state index contributed by atoms with van der Waals surface area (Å²) in [5, 5.41) is 0.198. The number of rotatable bonds is 5. The summed E-state index contributed by atoms with van der Waals surface area (Å²) in [5.41, 5.74) is 6.31. The van der Waals surface area contributed by atoms with Gasteiger partial charge in [0.15, 0.2) is 14.1 Å². The van der Waals surface area contributed by atoms with Crippen LogP contribution in [0.2, 0.25) is 18.1 Å². The molecular weight excluding hydrogens is 270 g/mol. The van der Waals surface area contributed by atoms with Crippen molar-refractivity contribution in [2.45, 2.75) is 90.1 Å². The Labute approximate surface area is 125 Å². The molecule has 0 radical (unpaired) electrons. The molecule has 0 amide bonds. The summed E-state index contributed by atoms with van der Waals surface area (Å²) in [4.78, 5) is 0. The zero-order valence-electron chi connectivity index (χ0n) is 14.4. The minimum atomic E-state index is -1.76. The molecule has 1 fully saturated rings. The van der Waals surface area contributed by atoms with E-state index in [0.717, 1.165) is 6.42 Å². The number of nitrogens with two attached hydrogens (primary N) is 1. The molecule has 2 N–H and O–H groups in total. The third-order valence-electron chi connectivity index (χ3n) is 4.49. The van der Waals surface area contributed by atoms with Crippen LogP contribution in [0.5, 0.6) is 0 Å². The second-order valence-electron chi connectivity index (χ2n) is 7.78. The minimum Gasteiger partial charge on any atom is -0.415 e. The van der Waals surface area contributed by atoms with E-state index in [2.05, 4.69) is 40.8 Å². The maximum absolute atomic E-state index is 6.31. The van der Waals surface area contributed by atoms with Crippen molar-refractivity contribution < 1.29 is 13.9 Å². The monoisotopic (exact) mass is 303 g/mol. The molecule has 0 aromatic carbocycles. The molecule has 5 heteroatoms. The Morgan fingerprint density at radius 1 is 1.25 bits per heavy atom. The molecule has 1 rings (SSSR count). The van der Waals surface area contributed by atoms with Crippen LogP contribution in [0, 0.1) is 0 Å². The fourth-order valence-corrected chi connectivity index (χ4v) is 3.20. The Kier molecular flexibility index (Phi) is 5.47. The molecule has 20 heavy (non-hydrogen) atoms. The Balaban J connectivity index is 2.61. The molecule has 1 heterocycles. The van der Waals surface area contributed by atoms with Crippen LogP contribution < -0.4 is 5.73 Å². The molecule has 4 nitrogen and oxygen atoms in total. The highest BCUT2D eigenvalue weighted by Gasteiger charge is 2.44. The second-order valence-corrected chi connectivity index (χ2v) is 12.6. The fourth-order valence-electron chi connectivity index (χ4n) is 2.16. The zero-order chi connectivity index (χ0) is 15.8. The van der Waals surface area contributed by atoms with Gasteiger partial charge < -0.3 is 19.6 Å². The maximum Gasteiger partial charge on any atom is 0.192 e. The maximum atomic E-state index is 6.31. The summed E-state index contributed by atoms with van der Waals surface area (Å²) >= 11 is 0. The highest BCUT2D eigenvalue weighted by molar-refractivity contribution is 6.74. The van der Waals surface area contributed by atoms with E-state index in [-0.39, 0.29) is 23.3 Å². The highest BCUT2D eigenvalue weighted by atomic mass is 28.4. The van der Waals surface area contributed by atoms with Crippen molar-refractivity contribution in [2.75, 3.05) is 6.61 Å². The molecular formula is C15H33NO3Si. The van der Waals surface area contributed by atoms with E-state index < -0.39 is 14.1 Å². The summed E-state index contributed by atoms with van der Waals surface area (Å²) < 4.78 is 18.0. The average Bonchev–Trinajstić information content (AvgIpc) is 2.60. The molecule has 1 saturated heterocycles. The second kappa shape index (κ2) is 6.05. The molecule has 3 atom stereocenters. The lowest BCUT2D eigenvalue weighted by molar-refractivity contribution is -0.148. The third-order valence-corrected chi connectivity index (χ3v) is 8.99. The van der Waals surface area contributed by atoms with Gasteiger partial charge in [0, 0.05) is 0 Å². The molecule has 0 bridgehead atoms. The molecule has 0 saturated carbocycles. The topological polar surface area (TPSA) is 53.7 Å². The first-order valence-corrected chi connectivity index (χ1v) is 10.6. The van der Waals surface area contributed by atoms with Gasteiger partial charge in [0.1, 0.15) is 6.10 Å². The van der Waals surface area contributed by atoms with Crippen molar-refractivity contribution >= 4 is 8.32 Å². The fraction of sp³-hybridized carbons (Fsp3) is 1.00. The molecule has 1 aliphatic rings. The van der Waals surface area contributed by atoms with Gasteiger partial charge in [0.25, 0.3) is 0 Å². The van der Waals surface area contributed by atoms with E-state index in [1.807, 2.05) is 13.8 Å². The first-order valence-electron chi connectivity index (χ1n) is 7.65. The zero-order valence-corrected chi connectivity index (χ0v) is 15.4.